The number of halogens is 1. The van der Waals surface area contributed by atoms with Gasteiger partial charge in [0.15, 0.2) is 0 Å². The van der Waals surface area contributed by atoms with Crippen LogP contribution >= 0.6 is 15.9 Å². The van der Waals surface area contributed by atoms with E-state index in [0.29, 0.717) is 21.2 Å². The third-order valence-corrected chi connectivity index (χ3v) is 6.81. The smallest absolute Gasteiger partial charge is 0.254 e. The van der Waals surface area contributed by atoms with Crippen molar-refractivity contribution < 1.29 is 9.59 Å². The number of carbonyl (C=O) groups excluding carboxylic acids is 2. The minimum atomic E-state index is -0.687. The van der Waals surface area contributed by atoms with Crippen molar-refractivity contribution in [2.45, 2.75) is 24.7 Å². The van der Waals surface area contributed by atoms with Gasteiger partial charge in [-0.05, 0) is 69.7 Å². The highest BCUT2D eigenvalue weighted by molar-refractivity contribution is 9.10. The van der Waals surface area contributed by atoms with Crippen LogP contribution in [0.25, 0.3) is 0 Å². The molecule has 1 aliphatic rings. The highest BCUT2D eigenvalue weighted by atomic mass is 79.9. The Bertz CT molecular complexity index is 1210. The maximum absolute atomic E-state index is 12.9. The fourth-order valence-corrected chi connectivity index (χ4v) is 5.12. The number of hydrogen-bond donors (Lipinski definition) is 1. The van der Waals surface area contributed by atoms with Gasteiger partial charge in [-0.25, -0.2) is 0 Å². The molecule has 0 radical (unpaired) electrons. The highest BCUT2D eigenvalue weighted by Crippen LogP contribution is 2.40. The van der Waals surface area contributed by atoms with Crippen LogP contribution in [0.1, 0.15) is 57.3 Å². The second-order valence-electron chi connectivity index (χ2n) is 8.24. The average Bonchev–Trinajstić information content (AvgIpc) is 3.37. The number of amides is 2. The van der Waals surface area contributed by atoms with Gasteiger partial charge in [0.1, 0.15) is 0 Å². The molecule has 33 heavy (non-hydrogen) atoms. The zero-order chi connectivity index (χ0) is 23.4. The Labute approximate surface area is 202 Å². The molecule has 0 saturated carbocycles. The van der Waals surface area contributed by atoms with Crippen LogP contribution in [0, 0.1) is 11.3 Å². The van der Waals surface area contributed by atoms with Gasteiger partial charge in [0, 0.05) is 23.5 Å². The van der Waals surface area contributed by atoms with Gasteiger partial charge in [-0.2, -0.15) is 5.26 Å². The van der Waals surface area contributed by atoms with E-state index in [0.717, 1.165) is 37.1 Å². The predicted molar refractivity (Wildman–Crippen MR) is 131 cm³/mol. The summed E-state index contributed by atoms with van der Waals surface area (Å²) in [6, 6.07) is 24.5. The second kappa shape index (κ2) is 10.0. The summed E-state index contributed by atoms with van der Waals surface area (Å²) in [5.74, 6) is -1.54. The number of rotatable bonds is 6. The summed E-state index contributed by atoms with van der Waals surface area (Å²) in [6.07, 6.45) is 2.05. The Morgan fingerprint density at radius 2 is 1.61 bits per heavy atom. The zero-order valence-electron chi connectivity index (χ0n) is 18.1. The highest BCUT2D eigenvalue weighted by Gasteiger charge is 2.32. The van der Waals surface area contributed by atoms with Gasteiger partial charge in [-0.15, -0.1) is 0 Å². The average molecular weight is 502 g/mol. The normalized spacial score (nSPS) is 15.0. The molecular formula is C27H24BrN3O2. The van der Waals surface area contributed by atoms with E-state index in [9.17, 15) is 14.9 Å². The first kappa shape index (κ1) is 22.8. The molecule has 2 N–H and O–H groups in total. The monoisotopic (exact) mass is 501 g/mol. The number of carbonyl (C=O) groups is 2. The Hall–Kier alpha value is -3.43. The number of nitrogens with two attached hydrogens (primary N) is 1. The van der Waals surface area contributed by atoms with E-state index >= 15 is 0 Å². The van der Waals surface area contributed by atoms with Crippen molar-refractivity contribution in [3.05, 3.63) is 105 Å². The van der Waals surface area contributed by atoms with Gasteiger partial charge in [-0.1, -0.05) is 48.5 Å². The van der Waals surface area contributed by atoms with Crippen LogP contribution in [0.5, 0.6) is 0 Å². The molecule has 4 rings (SSSR count). The van der Waals surface area contributed by atoms with E-state index in [1.54, 1.807) is 18.2 Å². The predicted octanol–water partition coefficient (Wildman–Crippen LogP) is 4.96. The van der Waals surface area contributed by atoms with Crippen LogP contribution in [0.3, 0.4) is 0 Å². The van der Waals surface area contributed by atoms with E-state index in [4.69, 9.17) is 5.73 Å². The summed E-state index contributed by atoms with van der Waals surface area (Å²) in [7, 11) is 0. The summed E-state index contributed by atoms with van der Waals surface area (Å²) in [5.41, 5.74) is 9.48. The molecule has 0 aliphatic carbocycles. The number of likely N-dealkylation sites (tertiary alicyclic amines) is 1. The fourth-order valence-electron chi connectivity index (χ4n) is 4.55. The molecule has 1 aliphatic heterocycles. The second-order valence-corrected chi connectivity index (χ2v) is 9.10. The summed E-state index contributed by atoms with van der Waals surface area (Å²) >= 11 is 3.59. The molecule has 166 valence electrons. The number of hydrogen-bond acceptors (Lipinski definition) is 3. The molecular weight excluding hydrogens is 478 g/mol. The first-order valence-electron chi connectivity index (χ1n) is 10.9. The molecule has 0 aromatic heterocycles. The molecule has 6 heteroatoms. The minimum absolute atomic E-state index is 0.00959. The van der Waals surface area contributed by atoms with Gasteiger partial charge in [0.2, 0.25) is 5.91 Å². The van der Waals surface area contributed by atoms with E-state index < -0.39 is 11.8 Å². The maximum atomic E-state index is 12.9. The Morgan fingerprint density at radius 1 is 0.909 bits per heavy atom. The van der Waals surface area contributed by atoms with Crippen LogP contribution in [-0.2, 0) is 4.79 Å². The van der Waals surface area contributed by atoms with Gasteiger partial charge in [0.25, 0.3) is 5.91 Å². The van der Waals surface area contributed by atoms with Crippen molar-refractivity contribution >= 4 is 27.7 Å². The van der Waals surface area contributed by atoms with Gasteiger partial charge < -0.3 is 10.6 Å². The van der Waals surface area contributed by atoms with Crippen LogP contribution in [-0.4, -0.2) is 29.8 Å². The standard InChI is InChI=1S/C27H24BrN3O2/c28-23-16-21(11-12-22(23)27(33)31-13-4-5-14-31)24(19-8-2-1-3-9-19)25(26(30)32)20-10-6-7-18(15-20)17-29/h1-3,6-12,15-16,24-25H,4-5,13-14H2,(H2,30,32). The molecule has 3 aromatic carbocycles. The van der Waals surface area contributed by atoms with Crippen molar-refractivity contribution in [2.75, 3.05) is 13.1 Å². The van der Waals surface area contributed by atoms with Crippen molar-refractivity contribution in [3.8, 4) is 6.07 Å². The van der Waals surface area contributed by atoms with Gasteiger partial charge >= 0.3 is 0 Å². The molecule has 1 heterocycles. The van der Waals surface area contributed by atoms with Gasteiger partial charge in [0.05, 0.1) is 23.1 Å². The Kier molecular flexibility index (Phi) is 6.90. The Balaban J connectivity index is 1.81. The molecule has 2 atom stereocenters. The summed E-state index contributed by atoms with van der Waals surface area (Å²) < 4.78 is 0.687. The van der Waals surface area contributed by atoms with Crippen LogP contribution in [0.4, 0.5) is 0 Å². The third-order valence-electron chi connectivity index (χ3n) is 6.15. The van der Waals surface area contributed by atoms with Crippen LogP contribution in [0.15, 0.2) is 77.3 Å². The number of nitrogens with zero attached hydrogens (tertiary/aromatic N) is 2. The Morgan fingerprint density at radius 3 is 2.24 bits per heavy atom. The largest absolute Gasteiger partial charge is 0.369 e. The first-order valence-corrected chi connectivity index (χ1v) is 11.7. The molecule has 5 nitrogen and oxygen atoms in total. The van der Waals surface area contributed by atoms with Crippen molar-refractivity contribution in [1.29, 1.82) is 5.26 Å². The lowest BCUT2D eigenvalue weighted by atomic mass is 9.76. The topological polar surface area (TPSA) is 87.2 Å². The van der Waals surface area contributed by atoms with E-state index in [1.807, 2.05) is 59.5 Å². The molecule has 3 aromatic rings. The number of nitriles is 1. The maximum Gasteiger partial charge on any atom is 0.254 e. The lowest BCUT2D eigenvalue weighted by molar-refractivity contribution is -0.119. The fraction of sp³-hybridized carbons (Fsp3) is 0.222. The van der Waals surface area contributed by atoms with Crippen molar-refractivity contribution in [1.82, 2.24) is 4.90 Å². The van der Waals surface area contributed by atoms with Crippen molar-refractivity contribution in [2.24, 2.45) is 5.73 Å². The molecule has 1 fully saturated rings. The van der Waals surface area contributed by atoms with Crippen molar-refractivity contribution in [3.63, 3.8) is 0 Å². The molecule has 0 spiro atoms. The summed E-state index contributed by atoms with van der Waals surface area (Å²) in [4.78, 5) is 27.6. The number of benzene rings is 3. The number of primary amides is 1. The van der Waals surface area contributed by atoms with E-state index in [2.05, 4.69) is 22.0 Å². The third kappa shape index (κ3) is 4.84. The van der Waals surface area contributed by atoms with E-state index in [-0.39, 0.29) is 11.8 Å². The molecule has 1 saturated heterocycles. The lowest BCUT2D eigenvalue weighted by Crippen LogP contribution is -2.29. The van der Waals surface area contributed by atoms with E-state index in [1.165, 1.54) is 0 Å². The SMILES string of the molecule is N#Cc1cccc(C(C(N)=O)C(c2ccccc2)c2ccc(C(=O)N3CCCC3)c(Br)c2)c1. The van der Waals surface area contributed by atoms with Gasteiger partial charge in [-0.3, -0.25) is 9.59 Å². The van der Waals surface area contributed by atoms with Crippen LogP contribution < -0.4 is 5.73 Å². The molecule has 2 unspecified atom stereocenters. The quantitative estimate of drug-likeness (QED) is 0.517. The minimum Gasteiger partial charge on any atom is -0.369 e. The lowest BCUT2D eigenvalue weighted by Gasteiger charge is -2.27. The summed E-state index contributed by atoms with van der Waals surface area (Å²) in [5, 5.41) is 9.36. The zero-order valence-corrected chi connectivity index (χ0v) is 19.7. The summed E-state index contributed by atoms with van der Waals surface area (Å²) in [6.45, 7) is 1.55. The first-order chi connectivity index (χ1) is 16.0. The molecule has 0 bridgehead atoms. The van der Waals surface area contributed by atoms with Crippen LogP contribution in [0.2, 0.25) is 0 Å². The molecule has 2 amide bonds.